The Labute approximate surface area is 149 Å². The summed E-state index contributed by atoms with van der Waals surface area (Å²) in [5.74, 6) is 0. The number of hydrogen-bond acceptors (Lipinski definition) is 4. The highest BCUT2D eigenvalue weighted by Gasteiger charge is 2.24. The number of rotatable bonds is 4. The Bertz CT molecular complexity index is 1050. The number of hydrogen-bond donors (Lipinski definition) is 1. The maximum atomic E-state index is 13.1. The smallest absolute Gasteiger partial charge is 0.407 e. The molecule has 0 saturated heterocycles. The van der Waals surface area contributed by atoms with Gasteiger partial charge in [0.1, 0.15) is 5.15 Å². The van der Waals surface area contributed by atoms with Crippen LogP contribution in [0.1, 0.15) is 5.69 Å². The molecule has 2 aromatic heterocycles. The van der Waals surface area contributed by atoms with E-state index in [0.29, 0.717) is 11.0 Å². The number of carboxylic acid groups (broad SMARTS) is 1. The van der Waals surface area contributed by atoms with Crippen LogP contribution in [0.15, 0.2) is 53.4 Å². The molecule has 0 bridgehead atoms. The summed E-state index contributed by atoms with van der Waals surface area (Å²) < 4.78 is 27.3. The summed E-state index contributed by atoms with van der Waals surface area (Å²) in [5.41, 5.74) is 0.987. The van der Waals surface area contributed by atoms with E-state index in [-0.39, 0.29) is 22.3 Å². The van der Waals surface area contributed by atoms with Gasteiger partial charge in [0.2, 0.25) is 0 Å². The van der Waals surface area contributed by atoms with Crippen LogP contribution in [0.5, 0.6) is 0 Å². The van der Waals surface area contributed by atoms with Gasteiger partial charge in [0, 0.05) is 7.05 Å². The standard InChI is InChI=1S/C16H14ClN3O4S/c1-19(16(21)22)10-11-9-13-14(7-8-15(17)18-13)20(11)25(23,24)12-5-3-2-4-6-12/h2-9H,10H2,1H3,(H,21,22). The number of aromatic nitrogens is 2. The molecule has 130 valence electrons. The van der Waals surface area contributed by atoms with E-state index in [9.17, 15) is 13.2 Å². The van der Waals surface area contributed by atoms with Gasteiger partial charge in [-0.1, -0.05) is 29.8 Å². The zero-order valence-corrected chi connectivity index (χ0v) is 14.7. The second-order valence-electron chi connectivity index (χ2n) is 5.40. The number of benzene rings is 1. The zero-order valence-electron chi connectivity index (χ0n) is 13.1. The third-order valence-corrected chi connectivity index (χ3v) is 5.65. The van der Waals surface area contributed by atoms with Crippen LogP contribution in [0, 0.1) is 0 Å². The van der Waals surface area contributed by atoms with Crippen molar-refractivity contribution in [3.05, 3.63) is 59.4 Å². The maximum Gasteiger partial charge on any atom is 0.407 e. The highest BCUT2D eigenvalue weighted by atomic mass is 35.5. The topological polar surface area (TPSA) is 92.5 Å². The molecule has 1 N–H and O–H groups in total. The Kier molecular flexibility index (Phi) is 4.40. The molecule has 0 fully saturated rings. The fourth-order valence-corrected chi connectivity index (χ4v) is 4.19. The van der Waals surface area contributed by atoms with Crippen LogP contribution in [0.3, 0.4) is 0 Å². The summed E-state index contributed by atoms with van der Waals surface area (Å²) in [5, 5.41) is 9.33. The van der Waals surface area contributed by atoms with Gasteiger partial charge in [0.25, 0.3) is 10.0 Å². The Morgan fingerprint density at radius 1 is 1.24 bits per heavy atom. The molecule has 7 nitrogen and oxygen atoms in total. The summed E-state index contributed by atoms with van der Waals surface area (Å²) in [7, 11) is -2.56. The molecule has 0 aliphatic rings. The molecule has 1 amide bonds. The third kappa shape index (κ3) is 3.18. The second kappa shape index (κ2) is 6.38. The first-order valence-corrected chi connectivity index (χ1v) is 9.04. The number of carbonyl (C=O) groups is 1. The summed E-state index contributed by atoms with van der Waals surface area (Å²) in [6.45, 7) is -0.116. The van der Waals surface area contributed by atoms with Gasteiger partial charge in [-0.3, -0.25) is 0 Å². The first kappa shape index (κ1) is 17.2. The minimum atomic E-state index is -3.92. The Morgan fingerprint density at radius 3 is 2.56 bits per heavy atom. The van der Waals surface area contributed by atoms with E-state index in [2.05, 4.69) is 4.98 Å². The molecule has 0 saturated carbocycles. The molecule has 1 aromatic carbocycles. The zero-order chi connectivity index (χ0) is 18.2. The molecular formula is C16H14ClN3O4S. The van der Waals surface area contributed by atoms with E-state index in [1.165, 1.54) is 31.3 Å². The van der Waals surface area contributed by atoms with Gasteiger partial charge in [-0.05, 0) is 30.3 Å². The van der Waals surface area contributed by atoms with Crippen molar-refractivity contribution in [2.75, 3.05) is 7.05 Å². The number of nitrogens with zero attached hydrogens (tertiary/aromatic N) is 3. The van der Waals surface area contributed by atoms with Crippen molar-refractivity contribution in [1.29, 1.82) is 0 Å². The average Bonchev–Trinajstić information content (AvgIpc) is 2.93. The summed E-state index contributed by atoms with van der Waals surface area (Å²) in [6, 6.07) is 12.5. The van der Waals surface area contributed by atoms with E-state index in [0.717, 1.165) is 8.87 Å². The normalized spacial score (nSPS) is 11.6. The van der Waals surface area contributed by atoms with Crippen LogP contribution in [0.4, 0.5) is 4.79 Å². The van der Waals surface area contributed by atoms with Crippen molar-refractivity contribution in [1.82, 2.24) is 13.9 Å². The predicted molar refractivity (Wildman–Crippen MR) is 93.3 cm³/mol. The van der Waals surface area contributed by atoms with Crippen LogP contribution in [-0.2, 0) is 16.6 Å². The molecule has 3 rings (SSSR count). The van der Waals surface area contributed by atoms with E-state index < -0.39 is 16.1 Å². The van der Waals surface area contributed by atoms with E-state index in [1.807, 2.05) is 0 Å². The van der Waals surface area contributed by atoms with Crippen LogP contribution < -0.4 is 0 Å². The molecule has 0 aliphatic carbocycles. The van der Waals surface area contributed by atoms with Gasteiger partial charge in [0.05, 0.1) is 28.2 Å². The summed E-state index contributed by atoms with van der Waals surface area (Å²) in [4.78, 5) is 16.4. The lowest BCUT2D eigenvalue weighted by Gasteiger charge is -2.16. The Hall–Kier alpha value is -2.58. The van der Waals surface area contributed by atoms with E-state index >= 15 is 0 Å². The van der Waals surface area contributed by atoms with Crippen molar-refractivity contribution in [2.45, 2.75) is 11.4 Å². The first-order valence-electron chi connectivity index (χ1n) is 7.22. The largest absolute Gasteiger partial charge is 0.465 e. The first-order chi connectivity index (χ1) is 11.8. The number of halogens is 1. The molecule has 9 heteroatoms. The summed E-state index contributed by atoms with van der Waals surface area (Å²) in [6.07, 6.45) is -1.17. The molecule has 0 radical (unpaired) electrons. The van der Waals surface area contributed by atoms with Gasteiger partial charge in [0.15, 0.2) is 0 Å². The predicted octanol–water partition coefficient (Wildman–Crippen LogP) is 3.04. The quantitative estimate of drug-likeness (QED) is 0.703. The minimum absolute atomic E-state index is 0.0988. The van der Waals surface area contributed by atoms with Crippen LogP contribution in [0.25, 0.3) is 11.0 Å². The fraction of sp³-hybridized carbons (Fsp3) is 0.125. The number of pyridine rings is 1. The fourth-order valence-electron chi connectivity index (χ4n) is 2.49. The Balaban J connectivity index is 2.26. The van der Waals surface area contributed by atoms with Crippen molar-refractivity contribution < 1.29 is 18.3 Å². The minimum Gasteiger partial charge on any atom is -0.465 e. The Morgan fingerprint density at radius 2 is 1.92 bits per heavy atom. The monoisotopic (exact) mass is 379 g/mol. The molecule has 0 atom stereocenters. The van der Waals surface area contributed by atoms with Crippen LogP contribution in [0.2, 0.25) is 5.15 Å². The lowest BCUT2D eigenvalue weighted by Crippen LogP contribution is -2.26. The summed E-state index contributed by atoms with van der Waals surface area (Å²) >= 11 is 5.89. The van der Waals surface area contributed by atoms with Crippen LogP contribution in [-0.4, -0.2) is 40.5 Å². The molecule has 0 spiro atoms. The highest BCUT2D eigenvalue weighted by molar-refractivity contribution is 7.90. The number of amides is 1. The lowest BCUT2D eigenvalue weighted by molar-refractivity contribution is 0.153. The van der Waals surface area contributed by atoms with Crippen molar-refractivity contribution >= 4 is 38.8 Å². The number of fused-ring (bicyclic) bond motifs is 1. The van der Waals surface area contributed by atoms with Gasteiger partial charge >= 0.3 is 6.09 Å². The lowest BCUT2D eigenvalue weighted by atomic mass is 10.3. The van der Waals surface area contributed by atoms with Crippen molar-refractivity contribution in [2.24, 2.45) is 0 Å². The van der Waals surface area contributed by atoms with Crippen molar-refractivity contribution in [3.8, 4) is 0 Å². The maximum absolute atomic E-state index is 13.1. The molecular weight excluding hydrogens is 366 g/mol. The van der Waals surface area contributed by atoms with Gasteiger partial charge in [-0.25, -0.2) is 22.2 Å². The average molecular weight is 380 g/mol. The van der Waals surface area contributed by atoms with Gasteiger partial charge in [-0.2, -0.15) is 0 Å². The molecule has 3 aromatic rings. The van der Waals surface area contributed by atoms with E-state index in [4.69, 9.17) is 16.7 Å². The highest BCUT2D eigenvalue weighted by Crippen LogP contribution is 2.26. The van der Waals surface area contributed by atoms with Crippen molar-refractivity contribution in [3.63, 3.8) is 0 Å². The molecule has 25 heavy (non-hydrogen) atoms. The van der Waals surface area contributed by atoms with E-state index in [1.54, 1.807) is 24.3 Å². The van der Waals surface area contributed by atoms with Gasteiger partial charge in [-0.15, -0.1) is 0 Å². The van der Waals surface area contributed by atoms with Crippen LogP contribution >= 0.6 is 11.6 Å². The molecule has 0 unspecified atom stereocenters. The molecule has 2 heterocycles. The SMILES string of the molecule is CN(Cc1cc2nc(Cl)ccc2n1S(=O)(=O)c1ccccc1)C(=O)O. The van der Waals surface area contributed by atoms with Gasteiger partial charge < -0.3 is 10.0 Å². The molecule has 0 aliphatic heterocycles. The second-order valence-corrected chi connectivity index (χ2v) is 7.57. The third-order valence-electron chi connectivity index (χ3n) is 3.66.